The van der Waals surface area contributed by atoms with Gasteiger partial charge in [0.1, 0.15) is 11.5 Å². The third kappa shape index (κ3) is 8.12. The van der Waals surface area contributed by atoms with Gasteiger partial charge in [-0.15, -0.1) is 0 Å². The molecule has 0 aliphatic heterocycles. The van der Waals surface area contributed by atoms with Gasteiger partial charge in [0.2, 0.25) is 5.91 Å². The van der Waals surface area contributed by atoms with Gasteiger partial charge in [-0.05, 0) is 43.2 Å². The van der Waals surface area contributed by atoms with Crippen LogP contribution in [0.3, 0.4) is 0 Å². The van der Waals surface area contributed by atoms with Gasteiger partial charge in [-0.3, -0.25) is 4.79 Å². The minimum atomic E-state index is -2.94. The highest BCUT2D eigenvalue weighted by Gasteiger charge is 2.12. The molecule has 9 heteroatoms. The smallest absolute Gasteiger partial charge is 0.387 e. The van der Waals surface area contributed by atoms with Crippen LogP contribution in [0.5, 0.6) is 11.5 Å². The second-order valence-electron chi connectivity index (χ2n) is 6.61. The molecule has 0 aromatic heterocycles. The van der Waals surface area contributed by atoms with Gasteiger partial charge in [0.05, 0.1) is 13.2 Å². The van der Waals surface area contributed by atoms with Crippen LogP contribution < -0.4 is 25.8 Å². The molecule has 0 saturated heterocycles. The molecule has 2 aromatic carbocycles. The minimum absolute atomic E-state index is 0.0427. The maximum Gasteiger partial charge on any atom is 0.387 e. The van der Waals surface area contributed by atoms with Gasteiger partial charge >= 0.3 is 6.61 Å². The molecule has 0 bridgehead atoms. The lowest BCUT2D eigenvalue weighted by Crippen LogP contribution is -2.36. The largest absolute Gasteiger partial charge is 0.493 e. The van der Waals surface area contributed by atoms with Gasteiger partial charge in [0, 0.05) is 30.3 Å². The van der Waals surface area contributed by atoms with E-state index in [1.54, 1.807) is 30.3 Å². The van der Waals surface area contributed by atoms with Crippen LogP contribution in [0.4, 0.5) is 8.78 Å². The molecule has 1 amide bonds. The molecule has 0 spiro atoms. The zero-order chi connectivity index (χ0) is 22.6. The van der Waals surface area contributed by atoms with Crippen molar-refractivity contribution in [1.82, 2.24) is 10.6 Å². The first-order valence-electron chi connectivity index (χ1n) is 10.0. The quantitative estimate of drug-likeness (QED) is 0.372. The lowest BCUT2D eigenvalue weighted by atomic mass is 10.1. The van der Waals surface area contributed by atoms with Crippen LogP contribution in [0, 0.1) is 0 Å². The fourth-order valence-electron chi connectivity index (χ4n) is 2.71. The molecule has 0 fully saturated rings. The van der Waals surface area contributed by atoms with Crippen molar-refractivity contribution < 1.29 is 23.0 Å². The Balaban J connectivity index is 2.11. The summed E-state index contributed by atoms with van der Waals surface area (Å²) in [4.78, 5) is 15.8. The summed E-state index contributed by atoms with van der Waals surface area (Å²) < 4.78 is 35.9. The van der Waals surface area contributed by atoms with Crippen molar-refractivity contribution in [2.24, 2.45) is 10.7 Å². The number of carbonyl (C=O) groups is 1. The molecule has 2 rings (SSSR count). The van der Waals surface area contributed by atoms with E-state index in [4.69, 9.17) is 10.5 Å². The second kappa shape index (κ2) is 12.4. The molecule has 0 heterocycles. The Morgan fingerprint density at radius 3 is 2.65 bits per heavy atom. The van der Waals surface area contributed by atoms with E-state index in [1.165, 1.54) is 6.07 Å². The van der Waals surface area contributed by atoms with E-state index in [1.807, 2.05) is 19.9 Å². The Hall–Kier alpha value is -3.36. The number of nitrogens with two attached hydrogens (primary N) is 1. The molecule has 0 atom stereocenters. The Morgan fingerprint density at radius 1 is 1.16 bits per heavy atom. The zero-order valence-electron chi connectivity index (χ0n) is 17.7. The first kappa shape index (κ1) is 23.9. The Labute approximate surface area is 180 Å². The van der Waals surface area contributed by atoms with E-state index in [0.29, 0.717) is 42.5 Å². The number of aliphatic imine (C=N–C) groups is 1. The highest BCUT2D eigenvalue weighted by atomic mass is 19.3. The van der Waals surface area contributed by atoms with Gasteiger partial charge in [0.25, 0.3) is 0 Å². The number of halogens is 2. The molecular weight excluding hydrogens is 406 g/mol. The van der Waals surface area contributed by atoms with Gasteiger partial charge in [-0.25, -0.2) is 4.99 Å². The number of primary amides is 1. The maximum atomic E-state index is 12.8. The molecule has 0 unspecified atom stereocenters. The van der Waals surface area contributed by atoms with Crippen LogP contribution >= 0.6 is 0 Å². The molecule has 0 aliphatic carbocycles. The van der Waals surface area contributed by atoms with E-state index < -0.39 is 12.5 Å². The summed E-state index contributed by atoms with van der Waals surface area (Å²) in [7, 11) is 0. The average Bonchev–Trinajstić information content (AvgIpc) is 2.74. The third-order valence-electron chi connectivity index (χ3n) is 4.15. The number of nitrogens with one attached hydrogen (secondary N) is 2. The first-order valence-corrected chi connectivity index (χ1v) is 10.0. The zero-order valence-corrected chi connectivity index (χ0v) is 17.7. The lowest BCUT2D eigenvalue weighted by molar-refractivity contribution is -0.0505. The molecule has 7 nitrogen and oxygen atoms in total. The summed E-state index contributed by atoms with van der Waals surface area (Å²) in [5.74, 6) is 0.493. The number of nitrogens with zero attached hydrogens (tertiary/aromatic N) is 1. The van der Waals surface area contributed by atoms with Crippen LogP contribution in [0.15, 0.2) is 47.5 Å². The highest BCUT2D eigenvalue weighted by Crippen LogP contribution is 2.26. The lowest BCUT2D eigenvalue weighted by Gasteiger charge is -2.16. The van der Waals surface area contributed by atoms with Gasteiger partial charge in [0.15, 0.2) is 5.96 Å². The van der Waals surface area contributed by atoms with Crippen LogP contribution in [0.25, 0.3) is 0 Å². The molecule has 4 N–H and O–H groups in total. The van der Waals surface area contributed by atoms with Crippen LogP contribution in [-0.4, -0.2) is 31.6 Å². The number of rotatable bonds is 11. The Morgan fingerprint density at radius 2 is 1.97 bits per heavy atom. The number of ether oxygens (including phenoxy) is 2. The number of guanidine groups is 1. The van der Waals surface area contributed by atoms with Gasteiger partial charge < -0.3 is 25.8 Å². The Bertz CT molecular complexity index is 891. The van der Waals surface area contributed by atoms with E-state index in [0.717, 1.165) is 12.0 Å². The number of amides is 1. The number of hydrogen-bond donors (Lipinski definition) is 3. The SMILES string of the molecule is CCCOc1ccc(CNC(=NCc2cccc(C(N)=O)c2)NCC)c(OC(F)F)c1. The summed E-state index contributed by atoms with van der Waals surface area (Å²) in [5.41, 5.74) is 7.06. The highest BCUT2D eigenvalue weighted by molar-refractivity contribution is 5.92. The molecule has 31 heavy (non-hydrogen) atoms. The molecule has 0 saturated carbocycles. The Kier molecular flexibility index (Phi) is 9.54. The number of alkyl halides is 2. The molecule has 2 aromatic rings. The van der Waals surface area contributed by atoms with Crippen molar-refractivity contribution in [1.29, 1.82) is 0 Å². The third-order valence-corrected chi connectivity index (χ3v) is 4.15. The molecule has 168 valence electrons. The normalized spacial score (nSPS) is 11.3. The number of benzene rings is 2. The fraction of sp³-hybridized carbons (Fsp3) is 0.364. The standard InChI is InChI=1S/C22H28F2N4O3/c1-3-10-30-18-9-8-17(19(12-18)31-21(23)24)14-28-22(26-4-2)27-13-15-6-5-7-16(11-15)20(25)29/h5-9,11-12,21H,3-4,10,13-14H2,1-2H3,(H2,25,29)(H2,26,27,28). The maximum absolute atomic E-state index is 12.8. The summed E-state index contributed by atoms with van der Waals surface area (Å²) in [5, 5.41) is 6.20. The van der Waals surface area contributed by atoms with Crippen molar-refractivity contribution in [3.8, 4) is 11.5 Å². The predicted molar refractivity (Wildman–Crippen MR) is 115 cm³/mol. The summed E-state index contributed by atoms with van der Waals surface area (Å²) >= 11 is 0. The van der Waals surface area contributed by atoms with Crippen LogP contribution in [-0.2, 0) is 13.1 Å². The average molecular weight is 434 g/mol. The van der Waals surface area contributed by atoms with E-state index >= 15 is 0 Å². The monoisotopic (exact) mass is 434 g/mol. The summed E-state index contributed by atoms with van der Waals surface area (Å²) in [6, 6.07) is 11.7. The number of carbonyl (C=O) groups excluding carboxylic acids is 1. The van der Waals surface area contributed by atoms with Crippen LogP contribution in [0.2, 0.25) is 0 Å². The van der Waals surface area contributed by atoms with E-state index in [-0.39, 0.29) is 12.3 Å². The molecule has 0 aliphatic rings. The summed E-state index contributed by atoms with van der Waals surface area (Å²) in [6.45, 7) is 2.54. The second-order valence-corrected chi connectivity index (χ2v) is 6.61. The van der Waals surface area contributed by atoms with Crippen molar-refractivity contribution in [2.75, 3.05) is 13.2 Å². The minimum Gasteiger partial charge on any atom is -0.493 e. The van der Waals surface area contributed by atoms with Crippen molar-refractivity contribution in [3.05, 3.63) is 59.2 Å². The topological polar surface area (TPSA) is 98.0 Å². The van der Waals surface area contributed by atoms with E-state index in [2.05, 4.69) is 20.4 Å². The van der Waals surface area contributed by atoms with Crippen LogP contribution in [0.1, 0.15) is 41.8 Å². The van der Waals surface area contributed by atoms with Crippen molar-refractivity contribution in [2.45, 2.75) is 40.0 Å². The fourth-order valence-corrected chi connectivity index (χ4v) is 2.71. The number of hydrogen-bond acceptors (Lipinski definition) is 4. The first-order chi connectivity index (χ1) is 14.9. The molecule has 0 radical (unpaired) electrons. The molecular formula is C22H28F2N4O3. The van der Waals surface area contributed by atoms with E-state index in [9.17, 15) is 13.6 Å². The van der Waals surface area contributed by atoms with Gasteiger partial charge in [-0.1, -0.05) is 19.1 Å². The summed E-state index contributed by atoms with van der Waals surface area (Å²) in [6.07, 6.45) is 0.805. The van der Waals surface area contributed by atoms with Gasteiger partial charge in [-0.2, -0.15) is 8.78 Å². The van der Waals surface area contributed by atoms with Crippen molar-refractivity contribution >= 4 is 11.9 Å². The predicted octanol–water partition coefficient (Wildman–Crippen LogP) is 3.43. The van der Waals surface area contributed by atoms with Crippen molar-refractivity contribution in [3.63, 3.8) is 0 Å².